The Morgan fingerprint density at radius 1 is 0.750 bits per heavy atom. The third-order valence-corrected chi connectivity index (χ3v) is 4.79. The second-order valence-corrected chi connectivity index (χ2v) is 6.94. The van der Waals surface area contributed by atoms with Crippen LogP contribution in [0.15, 0.2) is 36.4 Å². The predicted molar refractivity (Wildman–Crippen MR) is 105 cm³/mol. The summed E-state index contributed by atoms with van der Waals surface area (Å²) >= 11 is 0. The van der Waals surface area contributed by atoms with Crippen LogP contribution in [0, 0.1) is 0 Å². The molecule has 1 N–H and O–H groups in total. The van der Waals surface area contributed by atoms with Crippen molar-refractivity contribution in [1.29, 1.82) is 0 Å². The molecule has 28 heavy (non-hydrogen) atoms. The monoisotopic (exact) mass is 383 g/mol. The molecular weight excluding hydrogens is 358 g/mol. The number of carbonyl (C=O) groups is 1. The predicted octanol–water partition coefficient (Wildman–Crippen LogP) is 2.91. The molecule has 1 amide bonds. The number of nitrogens with one attached hydrogen (secondary N) is 1. The number of amides is 1. The fourth-order valence-corrected chi connectivity index (χ4v) is 3.37. The van der Waals surface area contributed by atoms with E-state index in [0.717, 1.165) is 47.8 Å². The van der Waals surface area contributed by atoms with Crippen LogP contribution < -0.4 is 24.3 Å². The van der Waals surface area contributed by atoms with Gasteiger partial charge in [0.1, 0.15) is 26.4 Å². The standard InChI is InChI=1S/C22H25NO5/c24-22(15-17-5-7-19-21(14-17)28-12-10-26-19)23-8-2-1-3-16-4-6-18-20(13-16)27-11-9-25-18/h4-7,13-14H,1-3,8-12,15H2,(H,23,24). The van der Waals surface area contributed by atoms with Crippen molar-refractivity contribution in [2.24, 2.45) is 0 Å². The fraction of sp³-hybridized carbons (Fsp3) is 0.409. The van der Waals surface area contributed by atoms with E-state index in [2.05, 4.69) is 17.4 Å². The smallest absolute Gasteiger partial charge is 0.224 e. The zero-order chi connectivity index (χ0) is 19.2. The van der Waals surface area contributed by atoms with Gasteiger partial charge in [-0.05, 0) is 54.7 Å². The van der Waals surface area contributed by atoms with Gasteiger partial charge in [0, 0.05) is 6.54 Å². The van der Waals surface area contributed by atoms with Crippen molar-refractivity contribution in [1.82, 2.24) is 5.32 Å². The molecule has 2 aliphatic rings. The van der Waals surface area contributed by atoms with Crippen molar-refractivity contribution in [2.75, 3.05) is 33.0 Å². The van der Waals surface area contributed by atoms with Gasteiger partial charge in [-0.2, -0.15) is 0 Å². The van der Waals surface area contributed by atoms with Crippen LogP contribution in [0.5, 0.6) is 23.0 Å². The summed E-state index contributed by atoms with van der Waals surface area (Å²) in [5.74, 6) is 3.14. The summed E-state index contributed by atoms with van der Waals surface area (Å²) in [4.78, 5) is 12.2. The largest absolute Gasteiger partial charge is 0.486 e. The molecule has 0 aromatic heterocycles. The van der Waals surface area contributed by atoms with Gasteiger partial charge < -0.3 is 24.3 Å². The van der Waals surface area contributed by atoms with Gasteiger partial charge in [0.15, 0.2) is 23.0 Å². The Morgan fingerprint density at radius 3 is 2.00 bits per heavy atom. The minimum absolute atomic E-state index is 0.0241. The normalized spacial score (nSPS) is 14.4. The summed E-state index contributed by atoms with van der Waals surface area (Å²) in [5.41, 5.74) is 2.16. The topological polar surface area (TPSA) is 66.0 Å². The maximum atomic E-state index is 12.2. The first-order chi connectivity index (χ1) is 13.8. The van der Waals surface area contributed by atoms with Crippen molar-refractivity contribution in [3.8, 4) is 23.0 Å². The Balaban J connectivity index is 1.17. The second-order valence-electron chi connectivity index (χ2n) is 6.94. The molecule has 6 nitrogen and oxygen atoms in total. The quantitative estimate of drug-likeness (QED) is 0.745. The van der Waals surface area contributed by atoms with E-state index in [0.29, 0.717) is 39.4 Å². The van der Waals surface area contributed by atoms with Crippen molar-refractivity contribution in [2.45, 2.75) is 25.7 Å². The highest BCUT2D eigenvalue weighted by Gasteiger charge is 2.13. The maximum absolute atomic E-state index is 12.2. The van der Waals surface area contributed by atoms with E-state index in [1.165, 1.54) is 5.56 Å². The van der Waals surface area contributed by atoms with Gasteiger partial charge in [0.05, 0.1) is 6.42 Å². The van der Waals surface area contributed by atoms with Gasteiger partial charge in [0.2, 0.25) is 5.91 Å². The lowest BCUT2D eigenvalue weighted by atomic mass is 10.1. The van der Waals surface area contributed by atoms with Gasteiger partial charge in [-0.1, -0.05) is 12.1 Å². The van der Waals surface area contributed by atoms with Crippen LogP contribution in [-0.4, -0.2) is 38.9 Å². The second kappa shape index (κ2) is 8.87. The summed E-state index contributed by atoms with van der Waals surface area (Å²) in [7, 11) is 0. The molecule has 0 radical (unpaired) electrons. The first-order valence-electron chi connectivity index (χ1n) is 9.82. The zero-order valence-electron chi connectivity index (χ0n) is 15.9. The molecule has 2 heterocycles. The van der Waals surface area contributed by atoms with Crippen LogP contribution in [-0.2, 0) is 17.6 Å². The molecule has 2 aliphatic heterocycles. The summed E-state index contributed by atoms with van der Waals surface area (Å²) in [6.45, 7) is 3.00. The SMILES string of the molecule is O=C(Cc1ccc2c(c1)OCCO2)NCCCCc1ccc2c(c1)OCCO2. The molecule has 0 saturated heterocycles. The fourth-order valence-electron chi connectivity index (χ4n) is 3.37. The van der Waals surface area contributed by atoms with Gasteiger partial charge in [0.25, 0.3) is 0 Å². The molecule has 2 aromatic carbocycles. The number of carbonyl (C=O) groups excluding carboxylic acids is 1. The summed E-state index contributed by atoms with van der Waals surface area (Å²) in [5, 5.41) is 2.99. The summed E-state index contributed by atoms with van der Waals surface area (Å²) < 4.78 is 22.2. The van der Waals surface area contributed by atoms with Gasteiger partial charge in [-0.3, -0.25) is 4.79 Å². The Morgan fingerprint density at radius 2 is 1.32 bits per heavy atom. The van der Waals surface area contributed by atoms with Gasteiger partial charge >= 0.3 is 0 Å². The van der Waals surface area contributed by atoms with Crippen LogP contribution in [0.1, 0.15) is 24.0 Å². The molecule has 0 fully saturated rings. The average Bonchev–Trinajstić information content (AvgIpc) is 2.73. The molecule has 148 valence electrons. The molecule has 2 aromatic rings. The number of hydrogen-bond acceptors (Lipinski definition) is 5. The molecule has 0 saturated carbocycles. The number of rotatable bonds is 7. The van der Waals surface area contributed by atoms with Crippen molar-refractivity contribution < 1.29 is 23.7 Å². The Kier molecular flexibility index (Phi) is 5.85. The Hall–Kier alpha value is -2.89. The van der Waals surface area contributed by atoms with Crippen molar-refractivity contribution >= 4 is 5.91 Å². The van der Waals surface area contributed by atoms with Gasteiger partial charge in [-0.15, -0.1) is 0 Å². The van der Waals surface area contributed by atoms with E-state index >= 15 is 0 Å². The average molecular weight is 383 g/mol. The van der Waals surface area contributed by atoms with E-state index < -0.39 is 0 Å². The molecular formula is C22H25NO5. The van der Waals surface area contributed by atoms with E-state index in [1.807, 2.05) is 24.3 Å². The van der Waals surface area contributed by atoms with Crippen LogP contribution in [0.3, 0.4) is 0 Å². The Bertz CT molecular complexity index is 836. The highest BCUT2D eigenvalue weighted by Crippen LogP contribution is 2.31. The molecule has 0 spiro atoms. The van der Waals surface area contributed by atoms with Crippen LogP contribution in [0.25, 0.3) is 0 Å². The lowest BCUT2D eigenvalue weighted by Gasteiger charge is -2.19. The molecule has 4 rings (SSSR count). The lowest BCUT2D eigenvalue weighted by Crippen LogP contribution is -2.26. The number of fused-ring (bicyclic) bond motifs is 2. The zero-order valence-corrected chi connectivity index (χ0v) is 15.9. The number of benzene rings is 2. The van der Waals surface area contributed by atoms with E-state index in [-0.39, 0.29) is 5.91 Å². The lowest BCUT2D eigenvalue weighted by molar-refractivity contribution is -0.120. The van der Waals surface area contributed by atoms with Crippen molar-refractivity contribution in [3.05, 3.63) is 47.5 Å². The molecule has 6 heteroatoms. The number of hydrogen-bond donors (Lipinski definition) is 1. The molecule has 0 unspecified atom stereocenters. The number of unbranched alkanes of at least 4 members (excludes halogenated alkanes) is 1. The highest BCUT2D eigenvalue weighted by molar-refractivity contribution is 5.78. The number of ether oxygens (including phenoxy) is 4. The summed E-state index contributed by atoms with van der Waals surface area (Å²) in [6, 6.07) is 11.8. The molecule has 0 aliphatic carbocycles. The minimum Gasteiger partial charge on any atom is -0.486 e. The number of aryl methyl sites for hydroxylation is 1. The Labute approximate surface area is 164 Å². The van der Waals surface area contributed by atoms with Gasteiger partial charge in [-0.25, -0.2) is 0 Å². The third kappa shape index (κ3) is 4.68. The molecule has 0 atom stereocenters. The van der Waals surface area contributed by atoms with Crippen LogP contribution in [0.2, 0.25) is 0 Å². The molecule has 0 bridgehead atoms. The highest BCUT2D eigenvalue weighted by atomic mass is 16.6. The van der Waals surface area contributed by atoms with E-state index in [4.69, 9.17) is 18.9 Å². The minimum atomic E-state index is 0.0241. The first kappa shape index (κ1) is 18.5. The van der Waals surface area contributed by atoms with E-state index in [1.54, 1.807) is 0 Å². The van der Waals surface area contributed by atoms with Crippen LogP contribution >= 0.6 is 0 Å². The first-order valence-corrected chi connectivity index (χ1v) is 9.82. The van der Waals surface area contributed by atoms with Crippen LogP contribution in [0.4, 0.5) is 0 Å². The van der Waals surface area contributed by atoms with E-state index in [9.17, 15) is 4.79 Å². The summed E-state index contributed by atoms with van der Waals surface area (Å²) in [6.07, 6.45) is 3.23. The maximum Gasteiger partial charge on any atom is 0.224 e. The third-order valence-electron chi connectivity index (χ3n) is 4.79. The van der Waals surface area contributed by atoms with Crippen molar-refractivity contribution in [3.63, 3.8) is 0 Å².